The monoisotopic (exact) mass is 724 g/mol. The molecule has 2 saturated heterocycles. The average molecular weight is 725 g/mol. The maximum Gasteiger partial charge on any atom is 0.276 e. The summed E-state index contributed by atoms with van der Waals surface area (Å²) >= 11 is 6.26. The second kappa shape index (κ2) is 15.9. The lowest BCUT2D eigenvalue weighted by molar-refractivity contribution is -0.129. The number of halogens is 3. The van der Waals surface area contributed by atoms with E-state index in [1.165, 1.54) is 28.6 Å². The topological polar surface area (TPSA) is 158 Å². The molecule has 0 spiro atoms. The van der Waals surface area contributed by atoms with Gasteiger partial charge < -0.3 is 31.5 Å². The molecule has 3 aliphatic rings. The van der Waals surface area contributed by atoms with E-state index in [-0.39, 0.29) is 90.6 Å². The first kappa shape index (κ1) is 37.3. The summed E-state index contributed by atoms with van der Waals surface area (Å²) in [5.74, 6) is -4.33. The molecule has 49 heavy (non-hydrogen) atoms. The van der Waals surface area contributed by atoms with Crippen LogP contribution < -0.4 is 26.6 Å². The summed E-state index contributed by atoms with van der Waals surface area (Å²) in [5, 5.41) is 2.89. The van der Waals surface area contributed by atoms with Gasteiger partial charge in [0.25, 0.3) is 5.92 Å². The quantitative estimate of drug-likeness (QED) is 0.209. The van der Waals surface area contributed by atoms with Gasteiger partial charge >= 0.3 is 0 Å². The van der Waals surface area contributed by atoms with Crippen LogP contribution in [0.3, 0.4) is 0 Å². The van der Waals surface area contributed by atoms with Crippen molar-refractivity contribution in [3.63, 3.8) is 0 Å². The highest BCUT2D eigenvalue weighted by molar-refractivity contribution is 7.89. The summed E-state index contributed by atoms with van der Waals surface area (Å²) < 4.78 is 60.0. The number of carbonyl (C=O) groups excluding carboxylic acids is 2. The van der Waals surface area contributed by atoms with E-state index in [0.29, 0.717) is 38.2 Å². The van der Waals surface area contributed by atoms with Crippen molar-refractivity contribution in [1.29, 1.82) is 0 Å². The zero-order valence-electron chi connectivity index (χ0n) is 27.9. The van der Waals surface area contributed by atoms with E-state index in [1.807, 2.05) is 7.05 Å². The Labute approximate surface area is 292 Å². The Morgan fingerprint density at radius 1 is 1.08 bits per heavy atom. The Morgan fingerprint density at radius 2 is 1.76 bits per heavy atom. The van der Waals surface area contributed by atoms with Crippen molar-refractivity contribution in [3.8, 4) is 0 Å². The molecule has 1 aromatic carbocycles. The fraction of sp³-hybridized carbons (Fsp3) is 0.606. The van der Waals surface area contributed by atoms with Gasteiger partial charge in [-0.05, 0) is 82.1 Å². The number of benzene rings is 1. The van der Waals surface area contributed by atoms with Gasteiger partial charge in [0, 0.05) is 87.9 Å². The number of nitrogens with one attached hydrogen (secondary N) is 1. The van der Waals surface area contributed by atoms with Crippen LogP contribution in [0.1, 0.15) is 44.1 Å². The van der Waals surface area contributed by atoms with Gasteiger partial charge in [-0.3, -0.25) is 9.59 Å². The molecule has 2 aliphatic heterocycles. The standard InChI is InChI=1S/C33H47ClF2N8O4S/c1-41(14-11-37)13-2-12-39-32(46)23-3-5-24(6-4-23)33(35,36)25-19-29(34)40-30(20-25)42-15-17-43(18-16-42)49(47,48)28-9-7-27(8-10-28)44-22-26(38)21-31(44)45/h7-10,19-20,23-24,26H,2-6,11-18,21-22,37-38H2,1H3,(H,39,46)/t23?,24?,26-/m1/s1. The van der Waals surface area contributed by atoms with E-state index in [4.69, 9.17) is 23.1 Å². The predicted molar refractivity (Wildman–Crippen MR) is 185 cm³/mol. The SMILES string of the molecule is CN(CCN)CCCNC(=O)C1CCC(C(F)(F)c2cc(Cl)nc(N3CCN(S(=O)(=O)c4ccc(N5C[C@H](N)CC5=O)cc4)CC3)c2)CC1. The second-order valence-electron chi connectivity index (χ2n) is 13.3. The maximum atomic E-state index is 15.9. The number of anilines is 2. The molecule has 1 aliphatic carbocycles. The molecule has 16 heteroatoms. The van der Waals surface area contributed by atoms with E-state index in [9.17, 15) is 18.0 Å². The number of likely N-dealkylation sites (N-methyl/N-ethyl adjacent to an activating group) is 1. The van der Waals surface area contributed by atoms with E-state index < -0.39 is 21.9 Å². The Morgan fingerprint density at radius 3 is 2.37 bits per heavy atom. The first-order chi connectivity index (χ1) is 23.3. The number of carbonyl (C=O) groups is 2. The molecule has 12 nitrogen and oxygen atoms in total. The molecule has 5 N–H and O–H groups in total. The third-order valence-corrected chi connectivity index (χ3v) is 11.9. The van der Waals surface area contributed by atoms with Gasteiger partial charge in [0.1, 0.15) is 11.0 Å². The van der Waals surface area contributed by atoms with Crippen molar-refractivity contribution >= 4 is 44.9 Å². The number of rotatable bonds is 13. The largest absolute Gasteiger partial charge is 0.356 e. The third kappa shape index (κ3) is 8.86. The normalized spacial score (nSPS) is 22.6. The van der Waals surface area contributed by atoms with Crippen LogP contribution in [0.25, 0.3) is 0 Å². The van der Waals surface area contributed by atoms with Crippen LogP contribution >= 0.6 is 11.6 Å². The minimum Gasteiger partial charge on any atom is -0.356 e. The summed E-state index contributed by atoms with van der Waals surface area (Å²) in [7, 11) is -1.86. The smallest absolute Gasteiger partial charge is 0.276 e. The maximum absolute atomic E-state index is 15.9. The lowest BCUT2D eigenvalue weighted by Crippen LogP contribution is -2.49. The fourth-order valence-electron chi connectivity index (χ4n) is 6.92. The van der Waals surface area contributed by atoms with E-state index in [0.717, 1.165) is 19.5 Å². The molecule has 2 aromatic rings. The van der Waals surface area contributed by atoms with E-state index in [1.54, 1.807) is 21.9 Å². The van der Waals surface area contributed by atoms with Crippen LogP contribution in [0.15, 0.2) is 41.3 Å². The van der Waals surface area contributed by atoms with Crippen molar-refractivity contribution in [2.75, 3.05) is 75.8 Å². The van der Waals surface area contributed by atoms with Gasteiger partial charge in [-0.2, -0.15) is 4.31 Å². The Balaban J connectivity index is 1.15. The Kier molecular flexibility index (Phi) is 12.1. The number of sulfonamides is 1. The molecule has 0 bridgehead atoms. The highest BCUT2D eigenvalue weighted by Gasteiger charge is 2.44. The molecule has 0 unspecified atom stereocenters. The zero-order valence-corrected chi connectivity index (χ0v) is 29.4. The first-order valence-corrected chi connectivity index (χ1v) is 18.7. The van der Waals surface area contributed by atoms with Gasteiger partial charge in [-0.25, -0.2) is 22.2 Å². The van der Waals surface area contributed by atoms with Crippen LogP contribution in [-0.2, 0) is 25.5 Å². The minimum absolute atomic E-state index is 0.0649. The molecule has 3 fully saturated rings. The van der Waals surface area contributed by atoms with Gasteiger partial charge in [0.15, 0.2) is 0 Å². The molecule has 1 aromatic heterocycles. The Hall–Kier alpha value is -2.95. The number of hydrogen-bond acceptors (Lipinski definition) is 9. The van der Waals surface area contributed by atoms with Gasteiger partial charge in [0.05, 0.1) is 4.90 Å². The van der Waals surface area contributed by atoms with E-state index in [2.05, 4.69) is 15.2 Å². The number of alkyl halides is 2. The van der Waals surface area contributed by atoms with Crippen molar-refractivity contribution < 1.29 is 26.8 Å². The number of hydrogen-bond donors (Lipinski definition) is 3. The molecule has 5 rings (SSSR count). The van der Waals surface area contributed by atoms with Crippen molar-refractivity contribution in [3.05, 3.63) is 47.1 Å². The van der Waals surface area contributed by atoms with Crippen molar-refractivity contribution in [2.45, 2.75) is 55.4 Å². The van der Waals surface area contributed by atoms with E-state index >= 15 is 8.78 Å². The molecule has 1 saturated carbocycles. The summed E-state index contributed by atoms with van der Waals surface area (Å²) in [6.07, 6.45) is 2.22. The number of pyridine rings is 1. The van der Waals surface area contributed by atoms with Gasteiger partial charge in [-0.15, -0.1) is 0 Å². The molecule has 2 amide bonds. The summed E-state index contributed by atoms with van der Waals surface area (Å²) in [6, 6.07) is 8.45. The lowest BCUT2D eigenvalue weighted by atomic mass is 9.77. The molecule has 0 radical (unpaired) electrons. The molecule has 3 heterocycles. The van der Waals surface area contributed by atoms with Crippen molar-refractivity contribution in [2.24, 2.45) is 23.3 Å². The number of aromatic nitrogens is 1. The first-order valence-electron chi connectivity index (χ1n) is 16.9. The van der Waals surface area contributed by atoms with Crippen LogP contribution in [0.4, 0.5) is 20.3 Å². The Bertz CT molecular complexity index is 1570. The van der Waals surface area contributed by atoms with Crippen LogP contribution in [0.5, 0.6) is 0 Å². The van der Waals surface area contributed by atoms with Crippen LogP contribution in [0.2, 0.25) is 5.15 Å². The van der Waals surface area contributed by atoms with Gasteiger partial charge in [-0.1, -0.05) is 11.6 Å². The zero-order chi connectivity index (χ0) is 35.3. The number of nitrogens with zero attached hydrogens (tertiary/aromatic N) is 5. The fourth-order valence-corrected chi connectivity index (χ4v) is 8.54. The highest BCUT2D eigenvalue weighted by atomic mass is 35.5. The third-order valence-electron chi connectivity index (χ3n) is 9.81. The highest BCUT2D eigenvalue weighted by Crippen LogP contribution is 2.46. The minimum atomic E-state index is -3.83. The average Bonchev–Trinajstić information content (AvgIpc) is 3.43. The predicted octanol–water partition coefficient (Wildman–Crippen LogP) is 2.60. The van der Waals surface area contributed by atoms with Crippen molar-refractivity contribution in [1.82, 2.24) is 19.5 Å². The number of nitrogens with two attached hydrogens (primary N) is 2. The second-order valence-corrected chi connectivity index (χ2v) is 15.6. The molecule has 270 valence electrons. The number of amides is 2. The summed E-state index contributed by atoms with van der Waals surface area (Å²) in [6.45, 7) is 3.82. The number of piperazine rings is 1. The summed E-state index contributed by atoms with van der Waals surface area (Å²) in [5.41, 5.74) is 11.8. The molecular weight excluding hydrogens is 678 g/mol. The van der Waals surface area contributed by atoms with Crippen LogP contribution in [0, 0.1) is 11.8 Å². The molecular formula is C33H47ClF2N8O4S. The summed E-state index contributed by atoms with van der Waals surface area (Å²) in [4.78, 5) is 34.7. The van der Waals surface area contributed by atoms with Gasteiger partial charge in [0.2, 0.25) is 21.8 Å². The molecule has 1 atom stereocenters. The lowest BCUT2D eigenvalue weighted by Gasteiger charge is -2.36. The van der Waals surface area contributed by atoms with Crippen LogP contribution in [-0.4, -0.2) is 106 Å².